The minimum Gasteiger partial charge on any atom is -0.466 e. The Labute approximate surface area is 197 Å². The first kappa shape index (κ1) is 25.1. The fourth-order valence-electron chi connectivity index (χ4n) is 4.99. The van der Waals surface area contributed by atoms with E-state index in [0.29, 0.717) is 31.8 Å². The van der Waals surface area contributed by atoms with Crippen LogP contribution in [0.25, 0.3) is 6.08 Å². The van der Waals surface area contributed by atoms with Crippen LogP contribution in [0.2, 0.25) is 0 Å². The quantitative estimate of drug-likeness (QED) is 0.382. The van der Waals surface area contributed by atoms with E-state index in [9.17, 15) is 9.59 Å². The summed E-state index contributed by atoms with van der Waals surface area (Å²) in [5.41, 5.74) is 0.935. The van der Waals surface area contributed by atoms with Crippen LogP contribution < -0.4 is 0 Å². The smallest absolute Gasteiger partial charge is 0.305 e. The van der Waals surface area contributed by atoms with Gasteiger partial charge in [-0.25, -0.2) is 4.98 Å². The van der Waals surface area contributed by atoms with Crippen molar-refractivity contribution in [3.8, 4) is 0 Å². The number of carbonyl (C=O) groups is 2. The number of fused-ring (bicyclic) bond motifs is 1. The van der Waals surface area contributed by atoms with Crippen LogP contribution in [0, 0.1) is 18.3 Å². The number of aryl methyl sites for hydroxylation is 1. The third kappa shape index (κ3) is 5.69. The van der Waals surface area contributed by atoms with Crippen LogP contribution in [0.15, 0.2) is 11.0 Å². The second kappa shape index (κ2) is 9.76. The lowest BCUT2D eigenvalue weighted by atomic mass is 9.79. The molecule has 3 heterocycles. The number of hydrogen-bond acceptors (Lipinski definition) is 6. The molecule has 5 nitrogen and oxygen atoms in total. The molecule has 178 valence electrons. The van der Waals surface area contributed by atoms with Gasteiger partial charge < -0.3 is 9.47 Å². The van der Waals surface area contributed by atoms with Gasteiger partial charge in [0.1, 0.15) is 11.4 Å². The Morgan fingerprint density at radius 2 is 1.91 bits per heavy atom. The van der Waals surface area contributed by atoms with Gasteiger partial charge in [-0.15, -0.1) is 11.3 Å². The number of nitrogens with zero attached hydrogens (tertiary/aromatic N) is 1. The Bertz CT molecular complexity index is 873. The Balaban J connectivity index is 1.76. The van der Waals surface area contributed by atoms with E-state index in [0.717, 1.165) is 42.0 Å². The van der Waals surface area contributed by atoms with E-state index in [2.05, 4.69) is 37.2 Å². The van der Waals surface area contributed by atoms with Crippen molar-refractivity contribution in [3.63, 3.8) is 0 Å². The number of ketones is 1. The van der Waals surface area contributed by atoms with Gasteiger partial charge in [-0.3, -0.25) is 9.59 Å². The molecule has 0 spiro atoms. The highest BCUT2D eigenvalue weighted by Gasteiger charge is 2.66. The Morgan fingerprint density at radius 3 is 2.59 bits per heavy atom. The SMILES string of the molecule is CC(=Cc1csc(C)n1)C12CCOC(=O)CCC(C)(C)C(=O)CCC(C)CCCC1(C)O2. The fraction of sp³-hybridized carbons (Fsp3) is 0.731. The van der Waals surface area contributed by atoms with Crippen molar-refractivity contribution < 1.29 is 19.1 Å². The fourth-order valence-corrected chi connectivity index (χ4v) is 5.56. The normalized spacial score (nSPS) is 32.8. The van der Waals surface area contributed by atoms with Crippen LogP contribution in [-0.2, 0) is 19.1 Å². The number of Topliss-reactive ketones (excluding diaryl/α,β-unsaturated/α-hetero) is 1. The Hall–Kier alpha value is -1.53. The molecule has 0 amide bonds. The number of thiazole rings is 1. The number of rotatable bonds is 2. The van der Waals surface area contributed by atoms with Gasteiger partial charge in [-0.2, -0.15) is 0 Å². The topological polar surface area (TPSA) is 68.8 Å². The second-order valence-corrected chi connectivity index (χ2v) is 11.7. The molecule has 1 aromatic rings. The molecule has 6 heteroatoms. The van der Waals surface area contributed by atoms with Crippen LogP contribution in [0.1, 0.15) is 96.7 Å². The molecular weight excluding hydrogens is 422 g/mol. The molecule has 2 aliphatic heterocycles. The van der Waals surface area contributed by atoms with Gasteiger partial charge >= 0.3 is 5.97 Å². The first-order valence-electron chi connectivity index (χ1n) is 12.0. The van der Waals surface area contributed by atoms with Crippen LogP contribution in [-0.4, -0.2) is 34.5 Å². The van der Waals surface area contributed by atoms with Crippen LogP contribution in [0.5, 0.6) is 0 Å². The third-order valence-electron chi connectivity index (χ3n) is 7.49. The maximum absolute atomic E-state index is 12.7. The van der Waals surface area contributed by atoms with Crippen molar-refractivity contribution in [2.45, 2.75) is 104 Å². The summed E-state index contributed by atoms with van der Waals surface area (Å²) in [4.78, 5) is 29.6. The van der Waals surface area contributed by atoms with E-state index in [1.807, 2.05) is 20.8 Å². The second-order valence-electron chi connectivity index (χ2n) is 10.6. The molecule has 0 aliphatic carbocycles. The van der Waals surface area contributed by atoms with Gasteiger partial charge in [0.05, 0.1) is 22.9 Å². The zero-order valence-electron chi connectivity index (χ0n) is 20.6. The summed E-state index contributed by atoms with van der Waals surface area (Å²) in [6, 6.07) is 0. The predicted octanol–water partition coefficient (Wildman–Crippen LogP) is 6.29. The minimum absolute atomic E-state index is 0.236. The van der Waals surface area contributed by atoms with Crippen molar-refractivity contribution in [2.24, 2.45) is 11.3 Å². The molecule has 2 saturated heterocycles. The van der Waals surface area contributed by atoms with Crippen LogP contribution >= 0.6 is 11.3 Å². The summed E-state index contributed by atoms with van der Waals surface area (Å²) in [7, 11) is 0. The highest BCUT2D eigenvalue weighted by atomic mass is 32.1. The van der Waals surface area contributed by atoms with Crippen molar-refractivity contribution in [1.82, 2.24) is 4.98 Å². The van der Waals surface area contributed by atoms with E-state index in [4.69, 9.17) is 9.47 Å². The summed E-state index contributed by atoms with van der Waals surface area (Å²) in [5, 5.41) is 3.11. The summed E-state index contributed by atoms with van der Waals surface area (Å²) in [6.45, 7) is 12.7. The van der Waals surface area contributed by atoms with Crippen molar-refractivity contribution in [3.05, 3.63) is 21.7 Å². The Kier molecular flexibility index (Phi) is 7.66. The molecule has 0 saturated carbocycles. The van der Waals surface area contributed by atoms with E-state index in [1.165, 1.54) is 0 Å². The Morgan fingerprint density at radius 1 is 1.16 bits per heavy atom. The molecule has 2 aliphatic rings. The number of hydrogen-bond donors (Lipinski definition) is 0. The zero-order chi connectivity index (χ0) is 23.6. The van der Waals surface area contributed by atoms with E-state index in [1.54, 1.807) is 11.3 Å². The minimum atomic E-state index is -0.486. The number of epoxide rings is 1. The van der Waals surface area contributed by atoms with Gasteiger partial charge in [0, 0.05) is 30.1 Å². The summed E-state index contributed by atoms with van der Waals surface area (Å²) in [6.07, 6.45) is 8.13. The molecule has 0 aromatic carbocycles. The maximum Gasteiger partial charge on any atom is 0.305 e. The predicted molar refractivity (Wildman–Crippen MR) is 129 cm³/mol. The van der Waals surface area contributed by atoms with Crippen molar-refractivity contribution in [2.75, 3.05) is 6.61 Å². The van der Waals surface area contributed by atoms with Gasteiger partial charge in [0.25, 0.3) is 0 Å². The highest BCUT2D eigenvalue weighted by molar-refractivity contribution is 7.09. The van der Waals surface area contributed by atoms with Crippen molar-refractivity contribution >= 4 is 29.2 Å². The van der Waals surface area contributed by atoms with Gasteiger partial charge in [0.2, 0.25) is 0 Å². The molecule has 0 bridgehead atoms. The molecular formula is C26H39NO4S. The van der Waals surface area contributed by atoms with Gasteiger partial charge in [-0.1, -0.05) is 33.6 Å². The van der Waals surface area contributed by atoms with Crippen molar-refractivity contribution in [1.29, 1.82) is 0 Å². The summed E-state index contributed by atoms with van der Waals surface area (Å²) >= 11 is 1.64. The highest BCUT2D eigenvalue weighted by Crippen LogP contribution is 2.58. The van der Waals surface area contributed by atoms with Gasteiger partial charge in [-0.05, 0) is 57.6 Å². The maximum atomic E-state index is 12.7. The number of aromatic nitrogens is 1. The van der Waals surface area contributed by atoms with Crippen LogP contribution in [0.4, 0.5) is 0 Å². The monoisotopic (exact) mass is 461 g/mol. The van der Waals surface area contributed by atoms with Crippen LogP contribution in [0.3, 0.4) is 0 Å². The lowest BCUT2D eigenvalue weighted by molar-refractivity contribution is -0.145. The van der Waals surface area contributed by atoms with Gasteiger partial charge in [0.15, 0.2) is 0 Å². The van der Waals surface area contributed by atoms with E-state index in [-0.39, 0.29) is 23.8 Å². The molecule has 3 rings (SSSR count). The average molecular weight is 462 g/mol. The molecule has 1 aromatic heterocycles. The van der Waals surface area contributed by atoms with E-state index < -0.39 is 11.0 Å². The molecule has 3 atom stereocenters. The molecule has 0 radical (unpaired) electrons. The van der Waals surface area contributed by atoms with E-state index >= 15 is 0 Å². The lowest BCUT2D eigenvalue weighted by Gasteiger charge is -2.24. The zero-order valence-corrected chi connectivity index (χ0v) is 21.4. The standard InChI is InChI=1S/C26H39NO4S/c1-18-8-7-12-25(6)26(31-25,19(2)16-21-17-32-20(3)27-21)14-15-30-23(29)11-13-24(4,5)22(28)10-9-18/h16-18H,7-15H2,1-6H3. The molecule has 0 N–H and O–H groups in total. The first-order valence-corrected chi connectivity index (χ1v) is 12.9. The molecule has 2 fully saturated rings. The largest absolute Gasteiger partial charge is 0.466 e. The number of esters is 1. The molecule has 32 heavy (non-hydrogen) atoms. The lowest BCUT2D eigenvalue weighted by Crippen LogP contribution is -2.28. The summed E-state index contributed by atoms with van der Waals surface area (Å²) in [5.74, 6) is 0.512. The number of ether oxygens (including phenoxy) is 2. The summed E-state index contributed by atoms with van der Waals surface area (Å²) < 4.78 is 12.0. The third-order valence-corrected chi connectivity index (χ3v) is 8.28. The molecule has 3 unspecified atom stereocenters. The number of carbonyl (C=O) groups excluding carboxylic acids is 2. The number of cyclic esters (lactones) is 1. The first-order chi connectivity index (χ1) is 15.0. The average Bonchev–Trinajstić information content (AvgIpc) is 3.10.